The molecule has 4 heteroatoms. The minimum absolute atomic E-state index is 0.313. The van der Waals surface area contributed by atoms with E-state index in [-0.39, 0.29) is 0 Å². The van der Waals surface area contributed by atoms with Crippen LogP contribution in [0.2, 0.25) is 12.6 Å². The molecule has 0 saturated heterocycles. The van der Waals surface area contributed by atoms with Gasteiger partial charge >= 0.3 is 37.9 Å². The van der Waals surface area contributed by atoms with Crippen molar-refractivity contribution in [1.29, 1.82) is 0 Å². The van der Waals surface area contributed by atoms with Crippen LogP contribution in [0.4, 0.5) is 0 Å². The number of halogens is 2. The van der Waals surface area contributed by atoms with E-state index in [1.165, 1.54) is 88.9 Å². The summed E-state index contributed by atoms with van der Waals surface area (Å²) in [6.07, 6.45) is 3.58. The van der Waals surface area contributed by atoms with E-state index < -0.39 is 20.8 Å². The second kappa shape index (κ2) is 20.4. The third kappa shape index (κ3) is 12.4. The third-order valence-corrected chi connectivity index (χ3v) is 10.7. The van der Waals surface area contributed by atoms with Crippen molar-refractivity contribution in [2.24, 2.45) is 10.8 Å². The standard InChI is InChI=1S/2C24H23.C4H10Si.2ClH.Zr/c2*1-24(2,3)16-17-13-20-9-6-10-22(23(20)14-17)21-12-11-18-7-4-5-8-19(18)15-21;1-3-4-5-2;;;/h2*4-15H,16H2,1-3H3;3-4H2,1-2H3;2*1H;/q2*-1;;;;+4/p-2. The summed E-state index contributed by atoms with van der Waals surface area (Å²) in [6, 6.07) is 54.8. The maximum atomic E-state index is 4.93. The third-order valence-electron chi connectivity index (χ3n) is 9.71. The SMILES string of the molecule is CC(C)(C)Cc1cc2c(-c3ccc4ccccc4c3)cccc2[cH-]1.CC(C)(C)Cc1cc2c(-c3ccc4ccccc4c3)cccc2[cH-]1.CCC[Si]C.[Cl][Zr+2][Cl]. The van der Waals surface area contributed by atoms with Gasteiger partial charge in [0.05, 0.1) is 0 Å². The van der Waals surface area contributed by atoms with E-state index in [9.17, 15) is 0 Å². The van der Waals surface area contributed by atoms with Crippen LogP contribution in [-0.4, -0.2) is 9.52 Å². The molecule has 0 aliphatic rings. The Balaban J connectivity index is 0.000000180. The Kier molecular flexibility index (Phi) is 16.0. The van der Waals surface area contributed by atoms with Crippen molar-refractivity contribution in [3.05, 3.63) is 157 Å². The molecular formula is C52H56Cl2SiZr. The first-order valence-electron chi connectivity index (χ1n) is 19.8. The van der Waals surface area contributed by atoms with E-state index in [2.05, 4.69) is 201 Å². The van der Waals surface area contributed by atoms with Crippen molar-refractivity contribution in [3.63, 3.8) is 0 Å². The summed E-state index contributed by atoms with van der Waals surface area (Å²) in [7, 11) is 11.0. The fraction of sp³-hybridized carbons (Fsp3) is 0.269. The summed E-state index contributed by atoms with van der Waals surface area (Å²) < 4.78 is 0. The zero-order valence-electron chi connectivity index (χ0n) is 34.4. The first kappa shape index (κ1) is 43.9. The van der Waals surface area contributed by atoms with E-state index in [0.29, 0.717) is 10.8 Å². The van der Waals surface area contributed by atoms with Crippen molar-refractivity contribution < 1.29 is 20.8 Å². The molecule has 0 spiro atoms. The van der Waals surface area contributed by atoms with Crippen molar-refractivity contribution >= 4 is 69.6 Å². The van der Waals surface area contributed by atoms with Crippen LogP contribution in [0.5, 0.6) is 0 Å². The number of hydrogen-bond donors (Lipinski definition) is 0. The predicted octanol–water partition coefficient (Wildman–Crippen LogP) is 16.9. The van der Waals surface area contributed by atoms with Crippen molar-refractivity contribution in [2.45, 2.75) is 80.3 Å². The van der Waals surface area contributed by atoms with Crippen LogP contribution in [0.3, 0.4) is 0 Å². The molecule has 0 amide bonds. The summed E-state index contributed by atoms with van der Waals surface area (Å²) in [4.78, 5) is 0. The van der Waals surface area contributed by atoms with Gasteiger partial charge in [0.1, 0.15) is 0 Å². The van der Waals surface area contributed by atoms with Crippen molar-refractivity contribution in [3.8, 4) is 22.3 Å². The van der Waals surface area contributed by atoms with Gasteiger partial charge in [-0.3, -0.25) is 0 Å². The Labute approximate surface area is 357 Å². The van der Waals surface area contributed by atoms with Crippen LogP contribution in [0.1, 0.15) is 66.0 Å². The van der Waals surface area contributed by atoms with Gasteiger partial charge in [-0.1, -0.05) is 164 Å². The summed E-state index contributed by atoms with van der Waals surface area (Å²) in [5, 5.41) is 10.6. The number of benzene rings is 6. The zero-order chi connectivity index (χ0) is 40.3. The fourth-order valence-corrected chi connectivity index (χ4v) is 7.99. The molecule has 0 heterocycles. The number of rotatable bonds is 6. The molecule has 2 radical (unpaired) electrons. The quantitative estimate of drug-likeness (QED) is 0.115. The molecule has 0 atom stereocenters. The summed E-state index contributed by atoms with van der Waals surface area (Å²) in [5.41, 5.74) is 8.76. The van der Waals surface area contributed by atoms with Gasteiger partial charge in [0.2, 0.25) is 0 Å². The Morgan fingerprint density at radius 2 is 0.911 bits per heavy atom. The van der Waals surface area contributed by atoms with E-state index in [4.69, 9.17) is 17.0 Å². The number of fused-ring (bicyclic) bond motifs is 4. The van der Waals surface area contributed by atoms with Gasteiger partial charge in [-0.25, -0.2) is 0 Å². The molecule has 0 unspecified atom stereocenters. The van der Waals surface area contributed by atoms with Gasteiger partial charge in [0.15, 0.2) is 0 Å². The monoisotopic (exact) mass is 868 g/mol. The molecule has 0 saturated carbocycles. The Morgan fingerprint density at radius 3 is 1.25 bits per heavy atom. The van der Waals surface area contributed by atoms with Crippen LogP contribution in [0.15, 0.2) is 146 Å². The summed E-state index contributed by atoms with van der Waals surface area (Å²) in [6.45, 7) is 18.3. The number of hydrogen-bond acceptors (Lipinski definition) is 0. The molecule has 0 N–H and O–H groups in total. The molecule has 8 aromatic rings. The van der Waals surface area contributed by atoms with Gasteiger partial charge in [0.25, 0.3) is 0 Å². The maximum absolute atomic E-state index is 4.93. The van der Waals surface area contributed by atoms with Gasteiger partial charge in [-0.15, -0.1) is 69.1 Å². The van der Waals surface area contributed by atoms with Gasteiger partial charge in [-0.05, 0) is 68.5 Å². The van der Waals surface area contributed by atoms with Crippen molar-refractivity contribution in [2.75, 3.05) is 0 Å². The van der Waals surface area contributed by atoms with Gasteiger partial charge in [0, 0.05) is 9.52 Å². The van der Waals surface area contributed by atoms with Crippen molar-refractivity contribution in [1.82, 2.24) is 0 Å². The predicted molar refractivity (Wildman–Crippen MR) is 250 cm³/mol. The van der Waals surface area contributed by atoms with E-state index >= 15 is 0 Å². The topological polar surface area (TPSA) is 0 Å². The summed E-state index contributed by atoms with van der Waals surface area (Å²) in [5.74, 6) is 0. The molecule has 286 valence electrons. The first-order valence-corrected chi connectivity index (χ1v) is 27.8. The van der Waals surface area contributed by atoms with Crippen LogP contribution in [-0.2, 0) is 33.7 Å². The molecule has 0 nitrogen and oxygen atoms in total. The minimum atomic E-state index is -0.826. The second-order valence-corrected chi connectivity index (χ2v) is 22.1. The Morgan fingerprint density at radius 1 is 0.518 bits per heavy atom. The molecule has 0 aromatic heterocycles. The molecule has 56 heavy (non-hydrogen) atoms. The fourth-order valence-electron chi connectivity index (χ4n) is 7.49. The zero-order valence-corrected chi connectivity index (χ0v) is 39.4. The van der Waals surface area contributed by atoms with Crippen LogP contribution in [0.25, 0.3) is 65.3 Å². The van der Waals surface area contributed by atoms with E-state index in [0.717, 1.165) is 22.4 Å². The van der Waals surface area contributed by atoms with E-state index in [1.54, 1.807) is 0 Å². The molecule has 0 fully saturated rings. The van der Waals surface area contributed by atoms with E-state index in [1.807, 2.05) is 0 Å². The molecule has 0 aliphatic carbocycles. The second-order valence-electron chi connectivity index (χ2n) is 17.1. The van der Waals surface area contributed by atoms with Gasteiger partial charge < -0.3 is 0 Å². The molecule has 8 rings (SSSR count). The van der Waals surface area contributed by atoms with Crippen LogP contribution >= 0.6 is 17.0 Å². The first-order chi connectivity index (χ1) is 26.8. The Hall–Kier alpha value is -3.26. The average molecular weight is 871 g/mol. The van der Waals surface area contributed by atoms with Crippen LogP contribution in [0, 0.1) is 10.8 Å². The van der Waals surface area contributed by atoms with Gasteiger partial charge in [-0.2, -0.15) is 12.1 Å². The molecule has 0 bridgehead atoms. The Bertz CT molecular complexity index is 2280. The average Bonchev–Trinajstić information content (AvgIpc) is 3.77. The molecule has 8 aromatic carbocycles. The van der Waals surface area contributed by atoms with Crippen LogP contribution < -0.4 is 0 Å². The molecular weight excluding hydrogens is 815 g/mol. The molecule has 0 aliphatic heterocycles. The summed E-state index contributed by atoms with van der Waals surface area (Å²) >= 11 is -0.826. The normalized spacial score (nSPS) is 11.3.